The highest BCUT2D eigenvalue weighted by Gasteiger charge is 2.20. The Morgan fingerprint density at radius 2 is 1.93 bits per heavy atom. The fourth-order valence-corrected chi connectivity index (χ4v) is 1.47. The first-order valence-electron chi connectivity index (χ1n) is 4.79. The van der Waals surface area contributed by atoms with Gasteiger partial charge in [0, 0.05) is 38.9 Å². The van der Waals surface area contributed by atoms with E-state index >= 15 is 0 Å². The zero-order valence-electron chi connectivity index (χ0n) is 8.95. The Kier molecular flexibility index (Phi) is 4.10. The van der Waals surface area contributed by atoms with E-state index in [-0.39, 0.29) is 5.91 Å². The van der Waals surface area contributed by atoms with Gasteiger partial charge < -0.3 is 14.5 Å². The van der Waals surface area contributed by atoms with Crippen LogP contribution in [-0.4, -0.2) is 62.7 Å². The number of carbonyl (C=O) groups is 1. The Hall–Kier alpha value is -0.870. The number of nitrogens with zero attached hydrogens (tertiary/aromatic N) is 2. The van der Waals surface area contributed by atoms with Crippen molar-refractivity contribution in [2.45, 2.75) is 0 Å². The highest BCUT2D eigenvalue weighted by Crippen LogP contribution is 2.04. The van der Waals surface area contributed by atoms with Crippen LogP contribution in [0, 0.1) is 0 Å². The summed E-state index contributed by atoms with van der Waals surface area (Å²) in [7, 11) is 3.63. The molecule has 80 valence electrons. The highest BCUT2D eigenvalue weighted by atomic mass is 16.5. The maximum Gasteiger partial charge on any atom is 0.251 e. The molecule has 0 N–H and O–H groups in total. The van der Waals surface area contributed by atoms with Crippen LogP contribution in [0.15, 0.2) is 12.2 Å². The summed E-state index contributed by atoms with van der Waals surface area (Å²) in [6, 6.07) is 0. The van der Waals surface area contributed by atoms with Crippen LogP contribution < -0.4 is 0 Å². The molecule has 4 nitrogen and oxygen atoms in total. The number of methoxy groups -OCH3 is 1. The highest BCUT2D eigenvalue weighted by molar-refractivity contribution is 5.93. The molecule has 0 radical (unpaired) electrons. The maximum absolute atomic E-state index is 11.7. The second-order valence-corrected chi connectivity index (χ2v) is 3.63. The van der Waals surface area contributed by atoms with E-state index in [1.807, 2.05) is 4.90 Å². The average molecular weight is 198 g/mol. The standard InChI is InChI=1S/C10H18N2O2/c1-9(8-14-3)10(13)12-6-4-11(2)5-7-12/h1,4-8H2,2-3H3. The van der Waals surface area contributed by atoms with Gasteiger partial charge in [0.05, 0.1) is 6.61 Å². The number of ether oxygens (including phenoxy) is 1. The molecule has 0 bridgehead atoms. The van der Waals surface area contributed by atoms with Crippen LogP contribution in [0.4, 0.5) is 0 Å². The van der Waals surface area contributed by atoms with Crippen LogP contribution >= 0.6 is 0 Å². The summed E-state index contributed by atoms with van der Waals surface area (Å²) in [5.41, 5.74) is 0.539. The van der Waals surface area contributed by atoms with Gasteiger partial charge in [0.2, 0.25) is 0 Å². The minimum absolute atomic E-state index is 0.0277. The second-order valence-electron chi connectivity index (χ2n) is 3.63. The predicted octanol–water partition coefficient (Wildman–Crippen LogP) is -0.0370. The molecule has 0 aromatic rings. The molecule has 4 heteroatoms. The zero-order valence-corrected chi connectivity index (χ0v) is 8.95. The Balaban J connectivity index is 2.41. The van der Waals surface area contributed by atoms with Crippen molar-refractivity contribution in [3.63, 3.8) is 0 Å². The minimum atomic E-state index is 0.0277. The van der Waals surface area contributed by atoms with Gasteiger partial charge in [0.1, 0.15) is 0 Å². The van der Waals surface area contributed by atoms with E-state index in [1.165, 1.54) is 0 Å². The summed E-state index contributed by atoms with van der Waals surface area (Å²) in [4.78, 5) is 15.8. The lowest BCUT2D eigenvalue weighted by atomic mass is 10.2. The van der Waals surface area contributed by atoms with Crippen LogP contribution in [0.2, 0.25) is 0 Å². The Labute approximate surface area is 85.1 Å². The lowest BCUT2D eigenvalue weighted by Crippen LogP contribution is -2.47. The molecule has 0 atom stereocenters. The summed E-state index contributed by atoms with van der Waals surface area (Å²) in [6.45, 7) is 7.49. The summed E-state index contributed by atoms with van der Waals surface area (Å²) in [5, 5.41) is 0. The monoisotopic (exact) mass is 198 g/mol. The molecule has 1 fully saturated rings. The van der Waals surface area contributed by atoms with Crippen molar-refractivity contribution in [1.82, 2.24) is 9.80 Å². The third-order valence-corrected chi connectivity index (χ3v) is 2.41. The number of amides is 1. The van der Waals surface area contributed by atoms with Gasteiger partial charge in [-0.05, 0) is 7.05 Å². The van der Waals surface area contributed by atoms with Crippen molar-refractivity contribution in [2.24, 2.45) is 0 Å². The molecule has 0 aromatic carbocycles. The molecule has 0 aromatic heterocycles. The van der Waals surface area contributed by atoms with Gasteiger partial charge in [0.25, 0.3) is 5.91 Å². The van der Waals surface area contributed by atoms with Crippen molar-refractivity contribution in [3.8, 4) is 0 Å². The van der Waals surface area contributed by atoms with Crippen molar-refractivity contribution in [3.05, 3.63) is 12.2 Å². The molecule has 1 heterocycles. The quantitative estimate of drug-likeness (QED) is 0.597. The smallest absolute Gasteiger partial charge is 0.251 e. The van der Waals surface area contributed by atoms with E-state index in [0.717, 1.165) is 26.2 Å². The summed E-state index contributed by atoms with van der Waals surface area (Å²) < 4.78 is 4.88. The van der Waals surface area contributed by atoms with Gasteiger partial charge in [-0.2, -0.15) is 0 Å². The van der Waals surface area contributed by atoms with Crippen LogP contribution in [0.3, 0.4) is 0 Å². The van der Waals surface area contributed by atoms with Gasteiger partial charge in [-0.1, -0.05) is 6.58 Å². The fraction of sp³-hybridized carbons (Fsp3) is 0.700. The van der Waals surface area contributed by atoms with E-state index in [1.54, 1.807) is 7.11 Å². The van der Waals surface area contributed by atoms with Crippen LogP contribution in [0.5, 0.6) is 0 Å². The molecule has 0 aliphatic carbocycles. The lowest BCUT2D eigenvalue weighted by molar-refractivity contribution is -0.129. The van der Waals surface area contributed by atoms with Gasteiger partial charge >= 0.3 is 0 Å². The molecule has 0 saturated carbocycles. The first-order valence-corrected chi connectivity index (χ1v) is 4.79. The Morgan fingerprint density at radius 3 is 2.43 bits per heavy atom. The van der Waals surface area contributed by atoms with Crippen LogP contribution in [-0.2, 0) is 9.53 Å². The summed E-state index contributed by atoms with van der Waals surface area (Å²) >= 11 is 0. The number of carbonyl (C=O) groups excluding carboxylic acids is 1. The third-order valence-electron chi connectivity index (χ3n) is 2.41. The van der Waals surface area contributed by atoms with E-state index in [4.69, 9.17) is 4.74 Å². The van der Waals surface area contributed by atoms with Crippen molar-refractivity contribution in [2.75, 3.05) is 46.9 Å². The molecule has 14 heavy (non-hydrogen) atoms. The van der Waals surface area contributed by atoms with Gasteiger partial charge in [0.15, 0.2) is 0 Å². The Bertz CT molecular complexity index is 220. The third kappa shape index (κ3) is 2.82. The normalized spacial score (nSPS) is 18.3. The molecule has 1 aliphatic heterocycles. The topological polar surface area (TPSA) is 32.8 Å². The van der Waals surface area contributed by atoms with E-state index in [0.29, 0.717) is 12.2 Å². The molecule has 1 saturated heterocycles. The molecular weight excluding hydrogens is 180 g/mol. The van der Waals surface area contributed by atoms with Gasteiger partial charge in [-0.3, -0.25) is 4.79 Å². The van der Waals surface area contributed by atoms with Crippen molar-refractivity contribution >= 4 is 5.91 Å². The molecule has 1 aliphatic rings. The first-order chi connectivity index (χ1) is 6.65. The van der Waals surface area contributed by atoms with Gasteiger partial charge in [-0.25, -0.2) is 0 Å². The number of hydrogen-bond acceptors (Lipinski definition) is 3. The average Bonchev–Trinajstić information content (AvgIpc) is 2.18. The van der Waals surface area contributed by atoms with Crippen molar-refractivity contribution < 1.29 is 9.53 Å². The van der Waals surface area contributed by atoms with Crippen molar-refractivity contribution in [1.29, 1.82) is 0 Å². The molecule has 1 rings (SSSR count). The number of rotatable bonds is 3. The second kappa shape index (κ2) is 5.12. The zero-order chi connectivity index (χ0) is 10.6. The predicted molar refractivity (Wildman–Crippen MR) is 55.1 cm³/mol. The van der Waals surface area contributed by atoms with E-state index in [2.05, 4.69) is 18.5 Å². The van der Waals surface area contributed by atoms with E-state index < -0.39 is 0 Å². The fourth-order valence-electron chi connectivity index (χ4n) is 1.47. The van der Waals surface area contributed by atoms with E-state index in [9.17, 15) is 4.79 Å². The number of piperazine rings is 1. The van der Waals surface area contributed by atoms with Gasteiger partial charge in [-0.15, -0.1) is 0 Å². The summed E-state index contributed by atoms with van der Waals surface area (Å²) in [5.74, 6) is 0.0277. The lowest BCUT2D eigenvalue weighted by Gasteiger charge is -2.32. The Morgan fingerprint density at radius 1 is 1.36 bits per heavy atom. The molecular formula is C10H18N2O2. The minimum Gasteiger partial charge on any atom is -0.380 e. The molecule has 0 spiro atoms. The SMILES string of the molecule is C=C(COC)C(=O)N1CCN(C)CC1. The summed E-state index contributed by atoms with van der Waals surface area (Å²) in [6.07, 6.45) is 0. The first kappa shape index (κ1) is 11.2. The molecule has 0 unspecified atom stereocenters. The largest absolute Gasteiger partial charge is 0.380 e. The van der Waals surface area contributed by atoms with Crippen LogP contribution in [0.25, 0.3) is 0 Å². The van der Waals surface area contributed by atoms with Crippen LogP contribution in [0.1, 0.15) is 0 Å². The number of hydrogen-bond donors (Lipinski definition) is 0. The molecule has 1 amide bonds. The maximum atomic E-state index is 11.7. The number of likely N-dealkylation sites (N-methyl/N-ethyl adjacent to an activating group) is 1.